The summed E-state index contributed by atoms with van der Waals surface area (Å²) in [5, 5.41) is 3.10. The summed E-state index contributed by atoms with van der Waals surface area (Å²) in [6.07, 6.45) is 11.4. The third-order valence-corrected chi connectivity index (χ3v) is 6.10. The third-order valence-electron chi connectivity index (χ3n) is 5.58. The summed E-state index contributed by atoms with van der Waals surface area (Å²) in [5.41, 5.74) is 5.72. The number of hydrogen-bond acceptors (Lipinski definition) is 3. The quantitative estimate of drug-likeness (QED) is 0.357. The van der Waals surface area contributed by atoms with Gasteiger partial charge in [-0.25, -0.2) is 4.98 Å². The van der Waals surface area contributed by atoms with E-state index in [1.807, 2.05) is 6.08 Å². The lowest BCUT2D eigenvalue weighted by Crippen LogP contribution is -2.46. The Bertz CT molecular complexity index is 1080. The molecule has 0 aliphatic carbocycles. The van der Waals surface area contributed by atoms with Crippen molar-refractivity contribution < 1.29 is 4.74 Å². The molecule has 2 unspecified atom stereocenters. The lowest BCUT2D eigenvalue weighted by molar-refractivity contribution is 0.0985. The highest BCUT2D eigenvalue weighted by Gasteiger charge is 2.22. The second kappa shape index (κ2) is 12.2. The van der Waals surface area contributed by atoms with E-state index in [4.69, 9.17) is 9.72 Å². The SMILES string of the molecule is B/C(C)=C(\C(=C)C)c1cc(N2CCOCC2C)nc(=C(C)\C=C\C=C\CC)/c1=C(/P)C=C. The Kier molecular flexibility index (Phi) is 9.94. The number of nitrogens with zero attached hydrogens (tertiary/aromatic N) is 2. The molecular formula is C27H38BN2OP. The minimum Gasteiger partial charge on any atom is -0.377 e. The van der Waals surface area contributed by atoms with Crippen LogP contribution in [0.3, 0.4) is 0 Å². The molecule has 2 atom stereocenters. The van der Waals surface area contributed by atoms with Gasteiger partial charge in [-0.3, -0.25) is 0 Å². The van der Waals surface area contributed by atoms with Crippen LogP contribution in [0, 0.1) is 0 Å². The molecule has 1 aliphatic rings. The Hall–Kier alpha value is -2.16. The molecular weight excluding hydrogens is 410 g/mol. The molecule has 0 saturated carbocycles. The number of anilines is 1. The van der Waals surface area contributed by atoms with Crippen molar-refractivity contribution in [3.63, 3.8) is 0 Å². The standard InChI is InChI=1S/C27H38BN2OP/c1-8-10-11-12-13-19(5)27-26(23(32)9-2)22(25(18(3)4)21(7)28)16-24(29-27)30-14-15-31-17-20(30)6/h9-13,16,20H,2-3,8,14-15,17,28,32H2,1,4-7H3/b11-10+,13-12+,25-21+,26-23+,27-19-. The van der Waals surface area contributed by atoms with Gasteiger partial charge in [-0.15, -0.1) is 14.7 Å². The molecule has 2 rings (SSSR count). The lowest BCUT2D eigenvalue weighted by atomic mass is 9.84. The molecule has 0 radical (unpaired) electrons. The van der Waals surface area contributed by atoms with E-state index in [1.54, 1.807) is 0 Å². The zero-order chi connectivity index (χ0) is 23.8. The van der Waals surface area contributed by atoms with Gasteiger partial charge in [-0.05, 0) is 55.3 Å². The molecule has 32 heavy (non-hydrogen) atoms. The first-order valence-electron chi connectivity index (χ1n) is 11.4. The maximum absolute atomic E-state index is 5.68. The van der Waals surface area contributed by atoms with Gasteiger partial charge in [0.1, 0.15) is 13.7 Å². The van der Waals surface area contributed by atoms with Crippen molar-refractivity contribution in [2.24, 2.45) is 0 Å². The van der Waals surface area contributed by atoms with E-state index < -0.39 is 0 Å². The molecule has 1 aromatic heterocycles. The van der Waals surface area contributed by atoms with E-state index in [9.17, 15) is 0 Å². The first-order chi connectivity index (χ1) is 15.2. The summed E-state index contributed by atoms with van der Waals surface area (Å²) in [5.74, 6) is 0.980. The molecule has 0 aromatic carbocycles. The van der Waals surface area contributed by atoms with Crippen molar-refractivity contribution in [2.75, 3.05) is 24.7 Å². The molecule has 0 spiro atoms. The van der Waals surface area contributed by atoms with Gasteiger partial charge in [0.25, 0.3) is 0 Å². The molecule has 0 N–H and O–H groups in total. The molecule has 3 nitrogen and oxygen atoms in total. The van der Waals surface area contributed by atoms with Crippen molar-refractivity contribution in [3.8, 4) is 0 Å². The maximum atomic E-state index is 5.68. The van der Waals surface area contributed by atoms with Gasteiger partial charge in [0.15, 0.2) is 0 Å². The fourth-order valence-electron chi connectivity index (χ4n) is 4.04. The average molecular weight is 448 g/mol. The Morgan fingerprint density at radius 3 is 2.62 bits per heavy atom. The maximum Gasteiger partial charge on any atom is 0.134 e. The van der Waals surface area contributed by atoms with E-state index in [2.05, 4.69) is 100 Å². The highest BCUT2D eigenvalue weighted by atomic mass is 31.0. The van der Waals surface area contributed by atoms with Crippen LogP contribution in [0.15, 0.2) is 60.6 Å². The summed E-state index contributed by atoms with van der Waals surface area (Å²) in [6.45, 7) is 21.3. The van der Waals surface area contributed by atoms with Crippen LogP contribution in [-0.2, 0) is 4.74 Å². The van der Waals surface area contributed by atoms with Gasteiger partial charge < -0.3 is 9.64 Å². The van der Waals surface area contributed by atoms with E-state index in [1.165, 1.54) is 11.0 Å². The monoisotopic (exact) mass is 448 g/mol. The minimum atomic E-state index is 0.268. The fraction of sp³-hybridized carbons (Fsp3) is 0.370. The van der Waals surface area contributed by atoms with Crippen LogP contribution in [0.2, 0.25) is 0 Å². The normalized spacial score (nSPS) is 19.8. The molecule has 1 aliphatic heterocycles. The number of rotatable bonds is 7. The van der Waals surface area contributed by atoms with Crippen molar-refractivity contribution >= 4 is 39.4 Å². The fourth-order valence-corrected chi connectivity index (χ4v) is 4.33. The Morgan fingerprint density at radius 1 is 1.34 bits per heavy atom. The van der Waals surface area contributed by atoms with Gasteiger partial charge in [0.2, 0.25) is 0 Å². The zero-order valence-corrected chi connectivity index (χ0v) is 21.8. The molecule has 5 heteroatoms. The van der Waals surface area contributed by atoms with Crippen molar-refractivity contribution in [2.45, 2.75) is 47.1 Å². The summed E-state index contributed by atoms with van der Waals surface area (Å²) >= 11 is 0. The van der Waals surface area contributed by atoms with E-state index in [0.717, 1.165) is 51.4 Å². The first kappa shape index (κ1) is 26.1. The topological polar surface area (TPSA) is 25.4 Å². The van der Waals surface area contributed by atoms with Crippen LogP contribution in [0.1, 0.15) is 46.6 Å². The molecule has 1 aromatic rings. The Balaban J connectivity index is 3.02. The van der Waals surface area contributed by atoms with Gasteiger partial charge in [-0.2, -0.15) is 0 Å². The second-order valence-electron chi connectivity index (χ2n) is 8.56. The number of pyridine rings is 1. The molecule has 1 saturated heterocycles. The van der Waals surface area contributed by atoms with Crippen molar-refractivity contribution in [1.82, 2.24) is 4.98 Å². The van der Waals surface area contributed by atoms with Crippen molar-refractivity contribution in [1.29, 1.82) is 0 Å². The van der Waals surface area contributed by atoms with Crippen LogP contribution in [-0.4, -0.2) is 38.6 Å². The second-order valence-corrected chi connectivity index (χ2v) is 9.18. The molecule has 170 valence electrons. The Labute approximate surface area is 197 Å². The smallest absolute Gasteiger partial charge is 0.134 e. The van der Waals surface area contributed by atoms with Crippen LogP contribution >= 0.6 is 9.24 Å². The van der Waals surface area contributed by atoms with E-state index in [0.29, 0.717) is 13.2 Å². The van der Waals surface area contributed by atoms with Gasteiger partial charge in [0.05, 0.1) is 24.6 Å². The van der Waals surface area contributed by atoms with Gasteiger partial charge >= 0.3 is 0 Å². The van der Waals surface area contributed by atoms with Crippen LogP contribution in [0.5, 0.6) is 0 Å². The number of hydrogen-bond donors (Lipinski definition) is 0. The highest BCUT2D eigenvalue weighted by molar-refractivity contribution is 7.31. The summed E-state index contributed by atoms with van der Waals surface area (Å²) in [6, 6.07) is 2.49. The van der Waals surface area contributed by atoms with Crippen LogP contribution in [0.25, 0.3) is 16.5 Å². The first-order valence-corrected chi connectivity index (χ1v) is 12.0. The number of aromatic nitrogens is 1. The predicted octanol–water partition coefficient (Wildman–Crippen LogP) is 4.11. The third kappa shape index (κ3) is 6.21. The molecule has 0 bridgehead atoms. The molecule has 2 heterocycles. The van der Waals surface area contributed by atoms with Gasteiger partial charge in [0, 0.05) is 11.8 Å². The van der Waals surface area contributed by atoms with Gasteiger partial charge in [-0.1, -0.05) is 63.0 Å². The minimum absolute atomic E-state index is 0.268. The van der Waals surface area contributed by atoms with Crippen molar-refractivity contribution in [3.05, 3.63) is 76.8 Å². The average Bonchev–Trinajstić information content (AvgIpc) is 2.75. The number of ether oxygens (including phenoxy) is 1. The number of allylic oxidation sites excluding steroid dienone is 8. The van der Waals surface area contributed by atoms with Crippen LogP contribution < -0.4 is 15.5 Å². The Morgan fingerprint density at radius 2 is 2.06 bits per heavy atom. The lowest BCUT2D eigenvalue weighted by Gasteiger charge is -2.34. The zero-order valence-electron chi connectivity index (χ0n) is 20.7. The number of morpholine rings is 1. The van der Waals surface area contributed by atoms with Crippen LogP contribution in [0.4, 0.5) is 5.82 Å². The summed E-state index contributed by atoms with van der Waals surface area (Å²) in [4.78, 5) is 7.55. The van der Waals surface area contributed by atoms with E-state index in [-0.39, 0.29) is 6.04 Å². The highest BCUT2D eigenvalue weighted by Crippen LogP contribution is 2.26. The summed E-state index contributed by atoms with van der Waals surface area (Å²) < 4.78 is 5.68. The largest absolute Gasteiger partial charge is 0.377 e. The predicted molar refractivity (Wildman–Crippen MR) is 148 cm³/mol. The summed E-state index contributed by atoms with van der Waals surface area (Å²) in [7, 11) is 5.00. The molecule has 0 amide bonds. The van der Waals surface area contributed by atoms with E-state index >= 15 is 0 Å². The molecule has 1 fully saturated rings.